The van der Waals surface area contributed by atoms with E-state index in [1.165, 1.54) is 111 Å². The fourth-order valence-electron chi connectivity index (χ4n) is 11.6. The number of rotatable bonds is 20. The fraction of sp³-hybridized carbons (Fsp3) is 0.471. The minimum Gasteiger partial charge on any atom is -0.0625 e. The SMILES string of the molecule is CC(C)Cc1ccc(-c2c(-c3ccc(CC(C)C)cc3CC(C)C)c(-c3ccc(CC(C)C)cc3CC(C)C)c3c(c2-c2ccc(CC(C)C)cc2CC(C)C)-c2ccccc2-3)c(CC(C)C)c1. The molecule has 0 N–H and O–H groups in total. The van der Waals surface area contributed by atoms with Crippen molar-refractivity contribution in [2.24, 2.45) is 47.3 Å². The van der Waals surface area contributed by atoms with Gasteiger partial charge in [0.1, 0.15) is 0 Å². The lowest BCUT2D eigenvalue weighted by molar-refractivity contribution is 0.636. The third kappa shape index (κ3) is 11.7. The van der Waals surface area contributed by atoms with Gasteiger partial charge in [0.05, 0.1) is 0 Å². The maximum Gasteiger partial charge on any atom is -0.000730 e. The predicted octanol–water partition coefficient (Wildman–Crippen LogP) is 19.6. The van der Waals surface area contributed by atoms with Crippen molar-refractivity contribution in [3.63, 3.8) is 0 Å². The number of hydrogen-bond donors (Lipinski definition) is 0. The maximum absolute atomic E-state index is 2.61. The van der Waals surface area contributed by atoms with E-state index in [1.807, 2.05) is 0 Å². The average molecular weight is 905 g/mol. The second-order valence-electron chi connectivity index (χ2n) is 24.5. The molecule has 0 atom stereocenters. The van der Waals surface area contributed by atoms with Crippen molar-refractivity contribution in [2.75, 3.05) is 0 Å². The Hall–Kier alpha value is -4.68. The van der Waals surface area contributed by atoms with Crippen molar-refractivity contribution in [3.8, 4) is 66.8 Å². The summed E-state index contributed by atoms with van der Waals surface area (Å²) in [7, 11) is 0. The van der Waals surface area contributed by atoms with Gasteiger partial charge in [-0.25, -0.2) is 0 Å². The zero-order chi connectivity index (χ0) is 49.1. The van der Waals surface area contributed by atoms with Crippen molar-refractivity contribution in [1.82, 2.24) is 0 Å². The Labute approximate surface area is 415 Å². The molecule has 0 unspecified atom stereocenters. The monoisotopic (exact) mass is 905 g/mol. The largest absolute Gasteiger partial charge is 0.0625 e. The summed E-state index contributed by atoms with van der Waals surface area (Å²) in [5.41, 5.74) is 28.8. The predicted molar refractivity (Wildman–Crippen MR) is 301 cm³/mol. The summed E-state index contributed by atoms with van der Waals surface area (Å²) in [4.78, 5) is 0. The molecule has 1 aliphatic carbocycles. The highest BCUT2D eigenvalue weighted by Gasteiger charge is 2.37. The lowest BCUT2D eigenvalue weighted by atomic mass is 9.66. The standard InChI is InChI=1S/C68H88/c1-41(2)29-49-21-25-57(53(37-49)33-45(9)10)63-64(58-26-22-50(30-42(3)4)38-54(58)34-46(11)12)66(60-28-24-52(32-44(7)8)40-56(60)36-48(15)16)68-62-20-18-17-19-61(62)67(68)65(63)59-27-23-51(31-43(5)6)39-55(59)35-47(13)14/h17-28,37-48H,29-36H2,1-16H3. The second kappa shape index (κ2) is 22.0. The van der Waals surface area contributed by atoms with Crippen molar-refractivity contribution < 1.29 is 0 Å². The maximum atomic E-state index is 2.61. The molecule has 7 rings (SSSR count). The van der Waals surface area contributed by atoms with Crippen LogP contribution in [0.2, 0.25) is 0 Å². The summed E-state index contributed by atoms with van der Waals surface area (Å²) in [5.74, 6) is 4.40. The Morgan fingerprint density at radius 2 is 0.412 bits per heavy atom. The van der Waals surface area contributed by atoms with Crippen LogP contribution in [0.15, 0.2) is 97.1 Å². The number of hydrogen-bond acceptors (Lipinski definition) is 0. The van der Waals surface area contributed by atoms with E-state index in [0.29, 0.717) is 47.3 Å². The highest BCUT2D eigenvalue weighted by Crippen LogP contribution is 2.63. The lowest BCUT2D eigenvalue weighted by Crippen LogP contribution is -2.12. The normalized spacial score (nSPS) is 12.5. The van der Waals surface area contributed by atoms with E-state index in [4.69, 9.17) is 0 Å². The molecule has 68 heavy (non-hydrogen) atoms. The molecule has 1 aliphatic rings. The molecule has 6 aromatic rings. The zero-order valence-corrected chi connectivity index (χ0v) is 45.5. The van der Waals surface area contributed by atoms with E-state index in [-0.39, 0.29) is 0 Å². The molecule has 0 heteroatoms. The van der Waals surface area contributed by atoms with Crippen molar-refractivity contribution in [3.05, 3.63) is 142 Å². The molecule has 0 saturated heterocycles. The third-order valence-electron chi connectivity index (χ3n) is 13.8. The van der Waals surface area contributed by atoms with Crippen LogP contribution in [-0.4, -0.2) is 0 Å². The van der Waals surface area contributed by atoms with Gasteiger partial charge in [-0.2, -0.15) is 0 Å². The molecule has 0 fully saturated rings. The Morgan fingerprint density at radius 3 is 0.603 bits per heavy atom. The first-order valence-corrected chi connectivity index (χ1v) is 27.1. The van der Waals surface area contributed by atoms with Gasteiger partial charge in [-0.1, -0.05) is 208 Å². The van der Waals surface area contributed by atoms with Gasteiger partial charge in [0.2, 0.25) is 0 Å². The molecule has 0 heterocycles. The van der Waals surface area contributed by atoms with Gasteiger partial charge < -0.3 is 0 Å². The summed E-state index contributed by atoms with van der Waals surface area (Å²) < 4.78 is 0. The molecule has 0 nitrogen and oxygen atoms in total. The van der Waals surface area contributed by atoms with Crippen LogP contribution in [0, 0.1) is 47.3 Å². The van der Waals surface area contributed by atoms with E-state index in [9.17, 15) is 0 Å². The zero-order valence-electron chi connectivity index (χ0n) is 45.5. The van der Waals surface area contributed by atoms with E-state index in [2.05, 4.69) is 208 Å². The van der Waals surface area contributed by atoms with Crippen LogP contribution < -0.4 is 0 Å². The molecule has 0 radical (unpaired) electrons. The molecule has 360 valence electrons. The van der Waals surface area contributed by atoms with Crippen LogP contribution in [0.4, 0.5) is 0 Å². The van der Waals surface area contributed by atoms with Gasteiger partial charge >= 0.3 is 0 Å². The molecular weight excluding hydrogens is 817 g/mol. The number of benzene rings is 6. The Bertz CT molecular complexity index is 2500. The summed E-state index contributed by atoms with van der Waals surface area (Å²) in [5, 5.41) is 0. The molecular formula is C68H88. The van der Waals surface area contributed by atoms with Crippen LogP contribution in [0.3, 0.4) is 0 Å². The smallest absolute Gasteiger partial charge is 0.000730 e. The molecule has 0 aliphatic heterocycles. The molecule has 0 saturated carbocycles. The summed E-state index contributed by atoms with van der Waals surface area (Å²) >= 11 is 0. The minimum atomic E-state index is 0.506. The van der Waals surface area contributed by atoms with Crippen LogP contribution in [-0.2, 0) is 51.4 Å². The Kier molecular flexibility index (Phi) is 16.5. The average Bonchev–Trinajstić information content (AvgIpc) is 3.21. The van der Waals surface area contributed by atoms with Crippen molar-refractivity contribution >= 4 is 0 Å². The second-order valence-corrected chi connectivity index (χ2v) is 24.5. The summed E-state index contributed by atoms with van der Waals surface area (Å²) in [6.45, 7) is 38.2. The van der Waals surface area contributed by atoms with Crippen LogP contribution in [0.5, 0.6) is 0 Å². The fourth-order valence-corrected chi connectivity index (χ4v) is 11.6. The molecule has 0 aromatic heterocycles. The molecule has 0 amide bonds. The summed E-state index contributed by atoms with van der Waals surface area (Å²) in [6.07, 6.45) is 8.49. The first-order valence-electron chi connectivity index (χ1n) is 27.1. The topological polar surface area (TPSA) is 0 Å². The molecule has 0 spiro atoms. The Morgan fingerprint density at radius 1 is 0.221 bits per heavy atom. The van der Waals surface area contributed by atoms with Crippen LogP contribution in [0.25, 0.3) is 66.8 Å². The highest BCUT2D eigenvalue weighted by molar-refractivity contribution is 6.22. The third-order valence-corrected chi connectivity index (χ3v) is 13.8. The lowest BCUT2D eigenvalue weighted by Gasteiger charge is -2.37. The summed E-state index contributed by atoms with van der Waals surface area (Å²) in [6, 6.07) is 40.0. The highest BCUT2D eigenvalue weighted by atomic mass is 14.4. The van der Waals surface area contributed by atoms with Gasteiger partial charge in [-0.15, -0.1) is 0 Å². The van der Waals surface area contributed by atoms with Gasteiger partial charge in [-0.05, 0) is 210 Å². The van der Waals surface area contributed by atoms with Crippen molar-refractivity contribution in [2.45, 2.75) is 162 Å². The van der Waals surface area contributed by atoms with E-state index >= 15 is 0 Å². The van der Waals surface area contributed by atoms with E-state index in [1.54, 1.807) is 0 Å². The molecule has 0 bridgehead atoms. The van der Waals surface area contributed by atoms with Gasteiger partial charge in [0, 0.05) is 0 Å². The Balaban J connectivity index is 1.80. The van der Waals surface area contributed by atoms with E-state index in [0.717, 1.165) is 51.4 Å². The first kappa shape index (κ1) is 51.2. The van der Waals surface area contributed by atoms with Crippen LogP contribution >= 0.6 is 0 Å². The molecule has 6 aromatic carbocycles. The van der Waals surface area contributed by atoms with Gasteiger partial charge in [0.15, 0.2) is 0 Å². The van der Waals surface area contributed by atoms with Crippen molar-refractivity contribution in [1.29, 1.82) is 0 Å². The van der Waals surface area contributed by atoms with E-state index < -0.39 is 0 Å². The van der Waals surface area contributed by atoms with Crippen LogP contribution in [0.1, 0.15) is 155 Å². The van der Waals surface area contributed by atoms with Gasteiger partial charge in [-0.3, -0.25) is 0 Å². The minimum absolute atomic E-state index is 0.506. The van der Waals surface area contributed by atoms with Gasteiger partial charge in [0.25, 0.3) is 0 Å². The first-order chi connectivity index (χ1) is 32.3. The number of fused-ring (bicyclic) bond motifs is 4. The quantitative estimate of drug-likeness (QED) is 0.0715.